The average Bonchev–Trinajstić information content (AvgIpc) is 2.27. The molecule has 19 heavy (non-hydrogen) atoms. The van der Waals surface area contributed by atoms with Crippen LogP contribution in [0.25, 0.3) is 0 Å². The fraction of sp³-hybridized carbons (Fsp3) is 0.867. The van der Waals surface area contributed by atoms with Crippen LogP contribution in [0, 0.1) is 5.92 Å². The Hall–Kier alpha value is 0.790. The standard InChI is InChI=1S/C15H23Br2ClO/c1-9-11(8-12(16)14(2,3)19-9)10-5-6-15(4,18)13(17)7-10/h10,12-13H,5-8H2,1-4H3. The Kier molecular flexibility index (Phi) is 4.71. The molecule has 2 rings (SSSR count). The number of hydrogen-bond acceptors (Lipinski definition) is 1. The first kappa shape index (κ1) is 16.2. The van der Waals surface area contributed by atoms with Gasteiger partial charge in [0.05, 0.1) is 15.5 Å². The van der Waals surface area contributed by atoms with Gasteiger partial charge in [0.1, 0.15) is 5.60 Å². The monoisotopic (exact) mass is 412 g/mol. The Morgan fingerprint density at radius 1 is 1.21 bits per heavy atom. The minimum atomic E-state index is -0.114. The second-order valence-electron chi connectivity index (χ2n) is 6.68. The van der Waals surface area contributed by atoms with Gasteiger partial charge in [-0.3, -0.25) is 0 Å². The lowest BCUT2D eigenvalue weighted by molar-refractivity contribution is 0.0171. The molecule has 4 unspecified atom stereocenters. The highest BCUT2D eigenvalue weighted by Crippen LogP contribution is 2.47. The molecule has 0 aromatic heterocycles. The zero-order chi connectivity index (χ0) is 14.4. The number of hydrogen-bond donors (Lipinski definition) is 0. The van der Waals surface area contributed by atoms with Crippen molar-refractivity contribution < 1.29 is 4.74 Å². The predicted molar refractivity (Wildman–Crippen MR) is 89.5 cm³/mol. The Balaban J connectivity index is 2.15. The van der Waals surface area contributed by atoms with E-state index in [0.29, 0.717) is 15.6 Å². The first-order valence-electron chi connectivity index (χ1n) is 6.99. The van der Waals surface area contributed by atoms with Crippen molar-refractivity contribution in [2.24, 2.45) is 5.92 Å². The summed E-state index contributed by atoms with van der Waals surface area (Å²) in [6, 6.07) is 0. The van der Waals surface area contributed by atoms with Gasteiger partial charge in [-0.25, -0.2) is 0 Å². The van der Waals surface area contributed by atoms with Crippen molar-refractivity contribution in [2.45, 2.75) is 73.5 Å². The number of halogens is 3. The summed E-state index contributed by atoms with van der Waals surface area (Å²) in [6.07, 6.45) is 4.42. The van der Waals surface area contributed by atoms with E-state index in [1.54, 1.807) is 0 Å². The number of alkyl halides is 3. The molecule has 0 bridgehead atoms. The van der Waals surface area contributed by atoms with Crippen molar-refractivity contribution >= 4 is 43.5 Å². The molecule has 0 aromatic rings. The van der Waals surface area contributed by atoms with E-state index in [9.17, 15) is 0 Å². The van der Waals surface area contributed by atoms with Gasteiger partial charge in [-0.2, -0.15) is 0 Å². The highest BCUT2D eigenvalue weighted by Gasteiger charge is 2.42. The van der Waals surface area contributed by atoms with Gasteiger partial charge in [-0.15, -0.1) is 11.6 Å². The van der Waals surface area contributed by atoms with Crippen LogP contribution < -0.4 is 0 Å². The Bertz CT molecular complexity index is 390. The molecular formula is C15H23Br2ClO. The molecule has 0 aromatic carbocycles. The van der Waals surface area contributed by atoms with Crippen LogP contribution in [0.15, 0.2) is 11.3 Å². The minimum Gasteiger partial charge on any atom is -0.491 e. The Morgan fingerprint density at radius 3 is 2.42 bits per heavy atom. The quantitative estimate of drug-likeness (QED) is 0.494. The molecule has 0 amide bonds. The van der Waals surface area contributed by atoms with Crippen molar-refractivity contribution in [3.8, 4) is 0 Å². The van der Waals surface area contributed by atoms with Crippen LogP contribution >= 0.6 is 43.5 Å². The normalized spacial score (nSPS) is 43.0. The van der Waals surface area contributed by atoms with E-state index in [0.717, 1.165) is 31.4 Å². The third-order valence-corrected chi connectivity index (χ3v) is 8.17. The van der Waals surface area contributed by atoms with E-state index in [1.165, 1.54) is 5.57 Å². The van der Waals surface area contributed by atoms with Crippen molar-refractivity contribution in [1.82, 2.24) is 0 Å². The molecule has 1 aliphatic carbocycles. The minimum absolute atomic E-state index is 0.104. The number of ether oxygens (including phenoxy) is 1. The van der Waals surface area contributed by atoms with E-state index >= 15 is 0 Å². The van der Waals surface area contributed by atoms with Crippen molar-refractivity contribution in [2.75, 3.05) is 0 Å². The second kappa shape index (κ2) is 5.53. The summed E-state index contributed by atoms with van der Waals surface area (Å²) in [4.78, 5) is 0.661. The Morgan fingerprint density at radius 2 is 1.84 bits per heavy atom. The summed E-state index contributed by atoms with van der Waals surface area (Å²) in [5, 5.41) is 0. The first-order valence-corrected chi connectivity index (χ1v) is 9.20. The molecular weight excluding hydrogens is 391 g/mol. The molecule has 2 aliphatic rings. The van der Waals surface area contributed by atoms with E-state index in [1.807, 2.05) is 0 Å². The molecule has 4 heteroatoms. The first-order chi connectivity index (χ1) is 8.63. The van der Waals surface area contributed by atoms with Crippen LogP contribution in [-0.4, -0.2) is 20.1 Å². The second-order valence-corrected chi connectivity index (χ2v) is 9.75. The molecule has 0 radical (unpaired) electrons. The van der Waals surface area contributed by atoms with Crippen LogP contribution in [0.1, 0.15) is 53.4 Å². The van der Waals surface area contributed by atoms with Gasteiger partial charge in [-0.05, 0) is 64.9 Å². The molecule has 0 N–H and O–H groups in total. The van der Waals surface area contributed by atoms with E-state index < -0.39 is 0 Å². The Labute approximate surface area is 138 Å². The molecule has 0 saturated heterocycles. The topological polar surface area (TPSA) is 9.23 Å². The van der Waals surface area contributed by atoms with Gasteiger partial charge in [0, 0.05) is 4.83 Å². The molecule has 0 spiro atoms. The van der Waals surface area contributed by atoms with Gasteiger partial charge >= 0.3 is 0 Å². The molecule has 4 atom stereocenters. The van der Waals surface area contributed by atoms with Crippen LogP contribution in [0.2, 0.25) is 0 Å². The van der Waals surface area contributed by atoms with E-state index in [-0.39, 0.29) is 10.5 Å². The molecule has 1 heterocycles. The molecule has 1 saturated carbocycles. The van der Waals surface area contributed by atoms with Gasteiger partial charge in [0.2, 0.25) is 0 Å². The van der Waals surface area contributed by atoms with Gasteiger partial charge in [-0.1, -0.05) is 31.9 Å². The highest BCUT2D eigenvalue weighted by atomic mass is 79.9. The fourth-order valence-corrected chi connectivity index (χ4v) is 4.42. The summed E-state index contributed by atoms with van der Waals surface area (Å²) in [5.74, 6) is 1.73. The number of allylic oxidation sites excluding steroid dienone is 2. The summed E-state index contributed by atoms with van der Waals surface area (Å²) in [5.41, 5.74) is 1.37. The van der Waals surface area contributed by atoms with Gasteiger partial charge in [0.15, 0.2) is 0 Å². The fourth-order valence-electron chi connectivity index (χ4n) is 3.10. The van der Waals surface area contributed by atoms with Crippen molar-refractivity contribution in [3.05, 3.63) is 11.3 Å². The summed E-state index contributed by atoms with van der Waals surface area (Å²) < 4.78 is 6.12. The molecule has 110 valence electrons. The lowest BCUT2D eigenvalue weighted by Crippen LogP contribution is -2.42. The third kappa shape index (κ3) is 3.35. The molecule has 1 nitrogen and oxygen atoms in total. The highest BCUT2D eigenvalue weighted by molar-refractivity contribution is 9.09. The molecule has 1 fully saturated rings. The van der Waals surface area contributed by atoms with Gasteiger partial charge < -0.3 is 4.74 Å². The summed E-state index contributed by atoms with van der Waals surface area (Å²) in [6.45, 7) is 8.56. The van der Waals surface area contributed by atoms with E-state index in [4.69, 9.17) is 16.3 Å². The summed E-state index contributed by atoms with van der Waals surface area (Å²) in [7, 11) is 0. The predicted octanol–water partition coefficient (Wildman–Crippen LogP) is 5.78. The smallest absolute Gasteiger partial charge is 0.116 e. The SMILES string of the molecule is CC1=C(C2CCC(C)(Cl)C(Br)C2)CC(Br)C(C)(C)O1. The lowest BCUT2D eigenvalue weighted by Gasteiger charge is -2.43. The third-order valence-electron chi connectivity index (χ3n) is 4.64. The maximum absolute atomic E-state index is 6.53. The van der Waals surface area contributed by atoms with Crippen LogP contribution in [-0.2, 0) is 4.74 Å². The van der Waals surface area contributed by atoms with Crippen LogP contribution in [0.5, 0.6) is 0 Å². The average molecular weight is 415 g/mol. The molecule has 1 aliphatic heterocycles. The van der Waals surface area contributed by atoms with Gasteiger partial charge in [0.25, 0.3) is 0 Å². The maximum Gasteiger partial charge on any atom is 0.116 e. The van der Waals surface area contributed by atoms with Crippen molar-refractivity contribution in [3.63, 3.8) is 0 Å². The summed E-state index contributed by atoms with van der Waals surface area (Å²) >= 11 is 14.1. The largest absolute Gasteiger partial charge is 0.491 e. The zero-order valence-corrected chi connectivity index (χ0v) is 16.0. The van der Waals surface area contributed by atoms with Crippen molar-refractivity contribution in [1.29, 1.82) is 0 Å². The zero-order valence-electron chi connectivity index (χ0n) is 12.1. The maximum atomic E-state index is 6.53. The number of rotatable bonds is 1. The van der Waals surface area contributed by atoms with Crippen LogP contribution in [0.4, 0.5) is 0 Å². The van der Waals surface area contributed by atoms with E-state index in [2.05, 4.69) is 59.6 Å². The van der Waals surface area contributed by atoms with Crippen LogP contribution in [0.3, 0.4) is 0 Å². The lowest BCUT2D eigenvalue weighted by atomic mass is 9.75.